The van der Waals surface area contributed by atoms with Gasteiger partial charge in [-0.25, -0.2) is 9.18 Å². The number of nitrogens with one attached hydrogen (secondary N) is 1. The molecule has 2 aliphatic heterocycles. The van der Waals surface area contributed by atoms with Crippen LogP contribution in [-0.4, -0.2) is 60.4 Å². The lowest BCUT2D eigenvalue weighted by atomic mass is 10.3. The van der Waals surface area contributed by atoms with Crippen molar-refractivity contribution in [2.75, 3.05) is 54.4 Å². The monoisotopic (exact) mass is 370 g/mol. The summed E-state index contributed by atoms with van der Waals surface area (Å²) in [4.78, 5) is 18.5. The number of rotatable bonds is 3. The van der Waals surface area contributed by atoms with E-state index >= 15 is 0 Å². The SMILES string of the molecule is O=C(Nc1cccc(F)c1)N1CCN(c2ccc(N3CCCC3)nn2)CC1. The van der Waals surface area contributed by atoms with Crippen LogP contribution in [0, 0.1) is 5.82 Å². The quantitative estimate of drug-likeness (QED) is 0.900. The van der Waals surface area contributed by atoms with Crippen LogP contribution in [0.25, 0.3) is 0 Å². The van der Waals surface area contributed by atoms with E-state index in [1.807, 2.05) is 12.1 Å². The molecule has 2 fully saturated rings. The number of nitrogens with zero attached hydrogens (tertiary/aromatic N) is 5. The van der Waals surface area contributed by atoms with Gasteiger partial charge in [-0.3, -0.25) is 0 Å². The summed E-state index contributed by atoms with van der Waals surface area (Å²) in [6.45, 7) is 4.64. The predicted molar refractivity (Wildman–Crippen MR) is 103 cm³/mol. The Bertz CT molecular complexity index is 785. The number of carbonyl (C=O) groups is 1. The molecule has 4 rings (SSSR count). The van der Waals surface area contributed by atoms with Crippen LogP contribution in [0.4, 0.5) is 26.5 Å². The molecule has 0 bridgehead atoms. The van der Waals surface area contributed by atoms with E-state index < -0.39 is 0 Å². The molecule has 1 aromatic carbocycles. The molecule has 2 aromatic rings. The Morgan fingerprint density at radius 3 is 2.11 bits per heavy atom. The molecule has 0 saturated carbocycles. The fourth-order valence-corrected chi connectivity index (χ4v) is 3.51. The van der Waals surface area contributed by atoms with Crippen molar-refractivity contribution in [2.24, 2.45) is 0 Å². The van der Waals surface area contributed by atoms with Gasteiger partial charge in [0.15, 0.2) is 11.6 Å². The first-order chi connectivity index (χ1) is 13.2. The van der Waals surface area contributed by atoms with E-state index in [2.05, 4.69) is 25.3 Å². The molecule has 0 unspecified atom stereocenters. The van der Waals surface area contributed by atoms with Crippen molar-refractivity contribution in [3.05, 3.63) is 42.2 Å². The van der Waals surface area contributed by atoms with E-state index in [0.29, 0.717) is 31.9 Å². The van der Waals surface area contributed by atoms with E-state index in [1.165, 1.54) is 25.0 Å². The van der Waals surface area contributed by atoms with Gasteiger partial charge in [0.05, 0.1) is 0 Å². The van der Waals surface area contributed by atoms with Gasteiger partial charge in [0.2, 0.25) is 0 Å². The molecule has 2 aliphatic rings. The summed E-state index contributed by atoms with van der Waals surface area (Å²) in [5, 5.41) is 11.5. The Morgan fingerprint density at radius 2 is 1.52 bits per heavy atom. The van der Waals surface area contributed by atoms with Crippen LogP contribution in [0.3, 0.4) is 0 Å². The normalized spacial score (nSPS) is 17.3. The van der Waals surface area contributed by atoms with Gasteiger partial charge in [-0.1, -0.05) is 6.07 Å². The molecular formula is C19H23FN6O. The summed E-state index contributed by atoms with van der Waals surface area (Å²) in [6, 6.07) is 9.73. The van der Waals surface area contributed by atoms with Crippen LogP contribution in [-0.2, 0) is 0 Å². The largest absolute Gasteiger partial charge is 0.355 e. The summed E-state index contributed by atoms with van der Waals surface area (Å²) in [5.41, 5.74) is 0.464. The first-order valence-corrected chi connectivity index (χ1v) is 9.34. The average molecular weight is 370 g/mol. The molecule has 0 aliphatic carbocycles. The average Bonchev–Trinajstić information content (AvgIpc) is 3.23. The molecule has 2 amide bonds. The summed E-state index contributed by atoms with van der Waals surface area (Å²) in [5.74, 6) is 1.40. The fraction of sp³-hybridized carbons (Fsp3) is 0.421. The Hall–Kier alpha value is -2.90. The topological polar surface area (TPSA) is 64.6 Å². The molecule has 2 saturated heterocycles. The number of piperazine rings is 1. The predicted octanol–water partition coefficient (Wildman–Crippen LogP) is 2.57. The molecule has 3 heterocycles. The van der Waals surface area contributed by atoms with Gasteiger partial charge >= 0.3 is 6.03 Å². The highest BCUT2D eigenvalue weighted by molar-refractivity contribution is 5.89. The molecule has 0 spiro atoms. The Balaban J connectivity index is 1.31. The van der Waals surface area contributed by atoms with Gasteiger partial charge in [-0.05, 0) is 43.2 Å². The Labute approximate surface area is 157 Å². The maximum Gasteiger partial charge on any atom is 0.321 e. The number of aromatic nitrogens is 2. The van der Waals surface area contributed by atoms with Crippen LogP contribution in [0.15, 0.2) is 36.4 Å². The summed E-state index contributed by atoms with van der Waals surface area (Å²) in [7, 11) is 0. The summed E-state index contributed by atoms with van der Waals surface area (Å²) < 4.78 is 13.2. The highest BCUT2D eigenvalue weighted by Gasteiger charge is 2.23. The smallest absolute Gasteiger partial charge is 0.321 e. The van der Waals surface area contributed by atoms with Crippen molar-refractivity contribution >= 4 is 23.4 Å². The number of hydrogen-bond acceptors (Lipinski definition) is 5. The van der Waals surface area contributed by atoms with Gasteiger partial charge in [0.1, 0.15) is 5.82 Å². The minimum Gasteiger partial charge on any atom is -0.355 e. The number of carbonyl (C=O) groups excluding carboxylic acids is 1. The fourth-order valence-electron chi connectivity index (χ4n) is 3.51. The maximum atomic E-state index is 13.2. The minimum absolute atomic E-state index is 0.212. The van der Waals surface area contributed by atoms with Gasteiger partial charge in [-0.2, -0.15) is 0 Å². The Morgan fingerprint density at radius 1 is 0.889 bits per heavy atom. The van der Waals surface area contributed by atoms with Crippen molar-refractivity contribution < 1.29 is 9.18 Å². The molecule has 0 radical (unpaired) electrons. The molecule has 1 aromatic heterocycles. The van der Waals surface area contributed by atoms with Crippen LogP contribution in [0.5, 0.6) is 0 Å². The molecule has 1 N–H and O–H groups in total. The zero-order valence-corrected chi connectivity index (χ0v) is 15.1. The van der Waals surface area contributed by atoms with E-state index in [1.54, 1.807) is 17.0 Å². The van der Waals surface area contributed by atoms with Gasteiger partial charge < -0.3 is 20.0 Å². The number of urea groups is 1. The van der Waals surface area contributed by atoms with E-state index in [9.17, 15) is 9.18 Å². The van der Waals surface area contributed by atoms with E-state index in [0.717, 1.165) is 24.7 Å². The lowest BCUT2D eigenvalue weighted by Crippen LogP contribution is -2.50. The van der Waals surface area contributed by atoms with Crippen molar-refractivity contribution in [1.82, 2.24) is 15.1 Å². The number of hydrogen-bond donors (Lipinski definition) is 1. The lowest BCUT2D eigenvalue weighted by Gasteiger charge is -2.35. The molecule has 8 heteroatoms. The molecular weight excluding hydrogens is 347 g/mol. The lowest BCUT2D eigenvalue weighted by molar-refractivity contribution is 0.208. The second-order valence-corrected chi connectivity index (χ2v) is 6.86. The third kappa shape index (κ3) is 4.10. The number of anilines is 3. The van der Waals surface area contributed by atoms with Crippen molar-refractivity contribution in [2.45, 2.75) is 12.8 Å². The first-order valence-electron chi connectivity index (χ1n) is 9.34. The van der Waals surface area contributed by atoms with Crippen LogP contribution < -0.4 is 15.1 Å². The van der Waals surface area contributed by atoms with Gasteiger partial charge in [-0.15, -0.1) is 10.2 Å². The highest BCUT2D eigenvalue weighted by Crippen LogP contribution is 2.20. The highest BCUT2D eigenvalue weighted by atomic mass is 19.1. The third-order valence-electron chi connectivity index (χ3n) is 5.03. The zero-order valence-electron chi connectivity index (χ0n) is 15.1. The second-order valence-electron chi connectivity index (χ2n) is 6.86. The second kappa shape index (κ2) is 7.77. The van der Waals surface area contributed by atoms with Crippen LogP contribution in [0.1, 0.15) is 12.8 Å². The number of amides is 2. The third-order valence-corrected chi connectivity index (χ3v) is 5.03. The molecule has 27 heavy (non-hydrogen) atoms. The number of halogens is 1. The molecule has 0 atom stereocenters. The van der Waals surface area contributed by atoms with Crippen molar-refractivity contribution in [3.8, 4) is 0 Å². The van der Waals surface area contributed by atoms with Crippen molar-refractivity contribution in [1.29, 1.82) is 0 Å². The Kier molecular flexibility index (Phi) is 5.04. The minimum atomic E-state index is -0.367. The standard InChI is InChI=1S/C19H23FN6O/c20-15-4-3-5-16(14-15)21-19(27)26-12-10-25(11-13-26)18-7-6-17(22-23-18)24-8-1-2-9-24/h3-7,14H,1-2,8-13H2,(H,21,27). The summed E-state index contributed by atoms with van der Waals surface area (Å²) >= 11 is 0. The number of benzene rings is 1. The van der Waals surface area contributed by atoms with Gasteiger partial charge in [0, 0.05) is 45.0 Å². The first kappa shape index (κ1) is 17.5. The summed E-state index contributed by atoms with van der Waals surface area (Å²) in [6.07, 6.45) is 2.42. The van der Waals surface area contributed by atoms with Crippen LogP contribution >= 0.6 is 0 Å². The van der Waals surface area contributed by atoms with E-state index in [4.69, 9.17) is 0 Å². The molecule has 7 nitrogen and oxygen atoms in total. The van der Waals surface area contributed by atoms with E-state index in [-0.39, 0.29) is 11.8 Å². The van der Waals surface area contributed by atoms with Crippen LogP contribution in [0.2, 0.25) is 0 Å². The van der Waals surface area contributed by atoms with Crippen molar-refractivity contribution in [3.63, 3.8) is 0 Å². The molecule has 142 valence electrons. The maximum absolute atomic E-state index is 13.2. The zero-order chi connectivity index (χ0) is 18.6. The van der Waals surface area contributed by atoms with Gasteiger partial charge in [0.25, 0.3) is 0 Å².